The van der Waals surface area contributed by atoms with Crippen molar-refractivity contribution in [2.24, 2.45) is 4.99 Å². The van der Waals surface area contributed by atoms with Gasteiger partial charge in [0.1, 0.15) is 22.9 Å². The highest BCUT2D eigenvalue weighted by molar-refractivity contribution is 7.92. The molecule has 1 atom stereocenters. The smallest absolute Gasteiger partial charge is 0.261 e. The highest BCUT2D eigenvalue weighted by atomic mass is 35.5. The zero-order valence-electron chi connectivity index (χ0n) is 33.3. The van der Waals surface area contributed by atoms with Crippen LogP contribution in [0.15, 0.2) is 76.7 Å². The molecular weight excluding hydrogens is 826 g/mol. The number of carbonyl (C=O) groups is 2. The predicted octanol–water partition coefficient (Wildman–Crippen LogP) is 6.23. The number of halogens is 1. The lowest BCUT2D eigenvalue weighted by Gasteiger charge is -2.13. The summed E-state index contributed by atoms with van der Waals surface area (Å²) in [5.41, 5.74) is 5.95. The Kier molecular flexibility index (Phi) is 12.8. The van der Waals surface area contributed by atoms with Crippen LogP contribution < -0.4 is 15.4 Å². The fourth-order valence-corrected chi connectivity index (χ4v) is 9.36. The molecular formula is C42H42ClN9O6S2. The molecule has 2 amide bonds. The first-order valence-electron chi connectivity index (χ1n) is 19.1. The number of aryl methyl sites for hydroxylation is 3. The number of nitrogens with one attached hydrogen (secondary N) is 4. The molecule has 15 nitrogen and oxygen atoms in total. The zero-order chi connectivity index (χ0) is 42.6. The summed E-state index contributed by atoms with van der Waals surface area (Å²) < 4.78 is 42.4. The Morgan fingerprint density at radius 1 is 0.967 bits per heavy atom. The molecule has 18 heteroatoms. The fraction of sp³-hybridized carbons (Fsp3) is 0.286. The molecule has 0 aliphatic carbocycles. The molecule has 1 aliphatic heterocycles. The average molecular weight is 868 g/mol. The van der Waals surface area contributed by atoms with Crippen molar-refractivity contribution in [3.8, 4) is 11.1 Å². The number of anilines is 1. The SMILES string of the molecule is Cc1sc2c(c1C)C(c1ccc(Cl)cc1)=N[C@@H](CC(=O)NCCOCCOCCNC(=O)c1cccc(S(=O)(=O)Nc3ccc(C)c4c(C#N)c[nH]c34)c1)c1nnc(C)n1-2. The van der Waals surface area contributed by atoms with Gasteiger partial charge in [0.05, 0.1) is 60.2 Å². The Bertz CT molecular complexity index is 2770. The number of fused-ring (bicyclic) bond motifs is 4. The second-order valence-electron chi connectivity index (χ2n) is 14.1. The Morgan fingerprint density at radius 2 is 1.70 bits per heavy atom. The fourth-order valence-electron chi connectivity index (χ4n) is 6.91. The zero-order valence-corrected chi connectivity index (χ0v) is 35.6. The third kappa shape index (κ3) is 8.98. The Morgan fingerprint density at radius 3 is 2.43 bits per heavy atom. The van der Waals surface area contributed by atoms with E-state index in [1.807, 2.05) is 42.7 Å². The lowest BCUT2D eigenvalue weighted by molar-refractivity contribution is -0.121. The maximum Gasteiger partial charge on any atom is 0.261 e. The van der Waals surface area contributed by atoms with Gasteiger partial charge < -0.3 is 25.1 Å². The molecule has 7 rings (SSSR count). The summed E-state index contributed by atoms with van der Waals surface area (Å²) in [4.78, 5) is 35.3. The number of rotatable bonds is 16. The maximum absolute atomic E-state index is 13.3. The molecule has 4 heterocycles. The van der Waals surface area contributed by atoms with E-state index in [-0.39, 0.29) is 68.0 Å². The van der Waals surface area contributed by atoms with Gasteiger partial charge in [-0.25, -0.2) is 8.42 Å². The first-order valence-corrected chi connectivity index (χ1v) is 21.7. The molecule has 60 heavy (non-hydrogen) atoms. The van der Waals surface area contributed by atoms with Crippen LogP contribution in [0.4, 0.5) is 5.69 Å². The summed E-state index contributed by atoms with van der Waals surface area (Å²) in [7, 11) is -4.07. The van der Waals surface area contributed by atoms with Gasteiger partial charge in [-0.2, -0.15) is 5.26 Å². The van der Waals surface area contributed by atoms with Gasteiger partial charge in [0.25, 0.3) is 15.9 Å². The minimum Gasteiger partial charge on any atom is -0.377 e. The molecule has 3 aromatic heterocycles. The predicted molar refractivity (Wildman–Crippen MR) is 230 cm³/mol. The molecule has 4 N–H and O–H groups in total. The second-order valence-corrected chi connectivity index (χ2v) is 17.4. The molecule has 0 saturated heterocycles. The van der Waals surface area contributed by atoms with E-state index in [0.29, 0.717) is 33.1 Å². The van der Waals surface area contributed by atoms with Gasteiger partial charge >= 0.3 is 0 Å². The topological polar surface area (TPSA) is 205 Å². The van der Waals surface area contributed by atoms with Gasteiger partial charge in [-0.1, -0.05) is 35.9 Å². The van der Waals surface area contributed by atoms with Crippen LogP contribution in [-0.2, 0) is 24.3 Å². The standard InChI is InChI=1S/C42H42ClN9O6S2/c1-24-8-13-33(39-36(24)30(22-44)23-47-39)51-60(55,56)32-7-5-6-29(20-32)41(54)46-15-17-58-19-18-57-16-14-45-35(53)21-34-40-50-49-27(4)52(40)42-37(25(2)26(3)59-42)38(48-34)28-9-11-31(43)12-10-28/h5-13,20,23,34,47,51H,14-19,21H2,1-4H3,(H,45,53)(H,46,54)/t34-/m0/s1. The number of hydrogen-bond donors (Lipinski definition) is 4. The van der Waals surface area contributed by atoms with Gasteiger partial charge in [-0.3, -0.25) is 23.9 Å². The van der Waals surface area contributed by atoms with Crippen LogP contribution in [0.25, 0.3) is 15.9 Å². The summed E-state index contributed by atoms with van der Waals surface area (Å²) in [6.07, 6.45) is 1.59. The van der Waals surface area contributed by atoms with E-state index in [4.69, 9.17) is 26.1 Å². The van der Waals surface area contributed by atoms with E-state index >= 15 is 0 Å². The minimum atomic E-state index is -4.07. The number of nitriles is 1. The monoisotopic (exact) mass is 867 g/mol. The number of ether oxygens (including phenoxy) is 2. The highest BCUT2D eigenvalue weighted by Crippen LogP contribution is 2.39. The van der Waals surface area contributed by atoms with Crippen LogP contribution in [0.1, 0.15) is 67.2 Å². The van der Waals surface area contributed by atoms with Crippen molar-refractivity contribution in [1.29, 1.82) is 5.26 Å². The number of thiophene rings is 1. The largest absolute Gasteiger partial charge is 0.377 e. The van der Waals surface area contributed by atoms with Gasteiger partial charge in [-0.05, 0) is 75.2 Å². The quantitative estimate of drug-likeness (QED) is 0.0813. The average Bonchev–Trinajstić information content (AvgIpc) is 3.91. The van der Waals surface area contributed by atoms with Gasteiger partial charge in [-0.15, -0.1) is 21.5 Å². The van der Waals surface area contributed by atoms with Gasteiger partial charge in [0.2, 0.25) is 5.91 Å². The first kappa shape index (κ1) is 42.2. The number of hydrogen-bond acceptors (Lipinski definition) is 11. The molecule has 0 spiro atoms. The van der Waals surface area contributed by atoms with Crippen LogP contribution in [0, 0.1) is 39.0 Å². The Hall–Kier alpha value is -5.90. The molecule has 1 aliphatic rings. The molecule has 3 aromatic carbocycles. The van der Waals surface area contributed by atoms with Crippen molar-refractivity contribution >= 4 is 67.1 Å². The van der Waals surface area contributed by atoms with E-state index in [9.17, 15) is 23.3 Å². The number of aromatic amines is 1. The Labute approximate surface area is 355 Å². The van der Waals surface area contributed by atoms with Crippen molar-refractivity contribution in [1.82, 2.24) is 30.4 Å². The van der Waals surface area contributed by atoms with Crippen molar-refractivity contribution in [3.63, 3.8) is 0 Å². The molecule has 0 saturated carbocycles. The first-order chi connectivity index (χ1) is 28.9. The van der Waals surface area contributed by atoms with E-state index in [1.54, 1.807) is 23.5 Å². The van der Waals surface area contributed by atoms with Crippen molar-refractivity contribution in [2.45, 2.75) is 45.1 Å². The number of amides is 2. The number of H-pyrrole nitrogens is 1. The lowest BCUT2D eigenvalue weighted by Crippen LogP contribution is -2.29. The van der Waals surface area contributed by atoms with Crippen LogP contribution in [0.2, 0.25) is 5.02 Å². The number of aliphatic imine (C=N–C) groups is 1. The van der Waals surface area contributed by atoms with Gasteiger partial charge in [0.15, 0.2) is 5.82 Å². The summed E-state index contributed by atoms with van der Waals surface area (Å²) in [5, 5.41) is 26.1. The minimum absolute atomic E-state index is 0.0591. The molecule has 0 fully saturated rings. The molecule has 0 bridgehead atoms. The van der Waals surface area contributed by atoms with Crippen molar-refractivity contribution in [2.75, 3.05) is 44.2 Å². The Balaban J connectivity index is 0.843. The maximum atomic E-state index is 13.3. The highest BCUT2D eigenvalue weighted by Gasteiger charge is 2.32. The molecule has 0 unspecified atom stereocenters. The van der Waals surface area contributed by atoms with E-state index in [0.717, 1.165) is 37.8 Å². The van der Waals surface area contributed by atoms with Crippen molar-refractivity contribution < 1.29 is 27.5 Å². The van der Waals surface area contributed by atoms with E-state index in [2.05, 4.69) is 50.5 Å². The van der Waals surface area contributed by atoms with E-state index in [1.165, 1.54) is 30.5 Å². The number of aromatic nitrogens is 4. The number of carbonyl (C=O) groups excluding carboxylic acids is 2. The lowest BCUT2D eigenvalue weighted by atomic mass is 9.99. The third-order valence-corrected chi connectivity index (χ3v) is 12.8. The number of sulfonamides is 1. The molecule has 0 radical (unpaired) electrons. The van der Waals surface area contributed by atoms with Crippen LogP contribution >= 0.6 is 22.9 Å². The van der Waals surface area contributed by atoms with Crippen LogP contribution in [0.3, 0.4) is 0 Å². The van der Waals surface area contributed by atoms with Gasteiger partial charge in [0, 0.05) is 51.3 Å². The van der Waals surface area contributed by atoms with Crippen LogP contribution in [0.5, 0.6) is 0 Å². The molecule has 310 valence electrons. The second kappa shape index (κ2) is 18.2. The normalized spacial score (nSPS) is 13.5. The molecule has 6 aromatic rings. The van der Waals surface area contributed by atoms with Crippen LogP contribution in [-0.4, -0.2) is 85.2 Å². The number of nitrogens with zero attached hydrogens (tertiary/aromatic N) is 5. The summed E-state index contributed by atoms with van der Waals surface area (Å²) in [6.45, 7) is 9.34. The van der Waals surface area contributed by atoms with E-state index < -0.39 is 22.0 Å². The summed E-state index contributed by atoms with van der Waals surface area (Å²) in [6, 6.07) is 18.1. The number of benzene rings is 3. The van der Waals surface area contributed by atoms with Crippen molar-refractivity contribution in [3.05, 3.63) is 122 Å². The third-order valence-electron chi connectivity index (χ3n) is 10.0. The summed E-state index contributed by atoms with van der Waals surface area (Å²) in [5.74, 6) is 0.641. The summed E-state index contributed by atoms with van der Waals surface area (Å²) >= 11 is 7.86.